The molecule has 0 aromatic heterocycles. The summed E-state index contributed by atoms with van der Waals surface area (Å²) < 4.78 is 0. The molecule has 1 amide bonds. The first-order valence-electron chi connectivity index (χ1n) is 4.32. The lowest BCUT2D eigenvalue weighted by atomic mass is 10.0. The Kier molecular flexibility index (Phi) is 1.31. The molecule has 2 aliphatic heterocycles. The van der Waals surface area contributed by atoms with Gasteiger partial charge in [-0.05, 0) is 12.1 Å². The Morgan fingerprint density at radius 2 is 2.00 bits per heavy atom. The van der Waals surface area contributed by atoms with Crippen molar-refractivity contribution in [2.45, 2.75) is 0 Å². The van der Waals surface area contributed by atoms with Crippen LogP contribution in [0.4, 0.5) is 0 Å². The van der Waals surface area contributed by atoms with Crippen molar-refractivity contribution in [2.75, 3.05) is 0 Å². The number of amides is 1. The molecule has 1 aromatic rings. The molecule has 66 valence electrons. The molecule has 0 N–H and O–H groups in total. The van der Waals surface area contributed by atoms with E-state index in [2.05, 4.69) is 9.98 Å². The third kappa shape index (κ3) is 0.893. The standard InChI is InChI=1S/C11H6N2O/c14-11-4-2-8-9-6-12-5-7(9)1-3-10(8)13-11/h1-6H. The van der Waals surface area contributed by atoms with Crippen molar-refractivity contribution in [2.24, 2.45) is 9.98 Å². The molecule has 1 aromatic carbocycles. The van der Waals surface area contributed by atoms with E-state index >= 15 is 0 Å². The highest BCUT2D eigenvalue weighted by Crippen LogP contribution is 2.05. The van der Waals surface area contributed by atoms with Gasteiger partial charge in [0.05, 0.1) is 5.36 Å². The van der Waals surface area contributed by atoms with Crippen molar-refractivity contribution >= 4 is 24.4 Å². The van der Waals surface area contributed by atoms with Gasteiger partial charge >= 0.3 is 0 Å². The van der Waals surface area contributed by atoms with Crippen LogP contribution < -0.4 is 10.6 Å². The molecule has 0 spiro atoms. The van der Waals surface area contributed by atoms with Gasteiger partial charge in [0.15, 0.2) is 0 Å². The Hall–Kier alpha value is -2.03. The quantitative estimate of drug-likeness (QED) is 0.558. The maximum absolute atomic E-state index is 11.0. The van der Waals surface area contributed by atoms with Crippen molar-refractivity contribution in [1.82, 2.24) is 0 Å². The summed E-state index contributed by atoms with van der Waals surface area (Å²) in [5.41, 5.74) is 2.04. The van der Waals surface area contributed by atoms with Crippen LogP contribution in [-0.2, 0) is 4.79 Å². The number of benzene rings is 1. The van der Waals surface area contributed by atoms with Crippen LogP contribution in [0.3, 0.4) is 0 Å². The molecule has 0 atom stereocenters. The highest BCUT2D eigenvalue weighted by molar-refractivity contribution is 5.98. The first kappa shape index (κ1) is 7.38. The topological polar surface area (TPSA) is 41.8 Å². The summed E-state index contributed by atoms with van der Waals surface area (Å²) in [6.07, 6.45) is 6.88. The minimum absolute atomic E-state index is 0.198. The molecule has 0 saturated heterocycles. The molecule has 14 heavy (non-hydrogen) atoms. The molecule has 0 radical (unpaired) electrons. The van der Waals surface area contributed by atoms with E-state index in [1.807, 2.05) is 12.1 Å². The smallest absolute Gasteiger partial charge is 0.267 e. The van der Waals surface area contributed by atoms with E-state index in [1.54, 1.807) is 18.5 Å². The summed E-state index contributed by atoms with van der Waals surface area (Å²) in [5, 5.41) is 1.82. The fourth-order valence-electron chi connectivity index (χ4n) is 1.67. The lowest BCUT2D eigenvalue weighted by Crippen LogP contribution is -2.20. The van der Waals surface area contributed by atoms with Gasteiger partial charge in [0.2, 0.25) is 0 Å². The second-order valence-electron chi connectivity index (χ2n) is 3.19. The fraction of sp³-hybridized carbons (Fsp3) is 0. The molecule has 0 aliphatic carbocycles. The minimum atomic E-state index is -0.198. The van der Waals surface area contributed by atoms with Crippen LogP contribution >= 0.6 is 0 Å². The van der Waals surface area contributed by atoms with Gasteiger partial charge in [-0.15, -0.1) is 0 Å². The van der Waals surface area contributed by atoms with Crippen LogP contribution in [0.25, 0.3) is 12.3 Å². The maximum Gasteiger partial charge on any atom is 0.270 e. The fourth-order valence-corrected chi connectivity index (χ4v) is 1.67. The molecule has 2 aliphatic rings. The number of aliphatic imine (C=N–C) groups is 1. The number of fused-ring (bicyclic) bond motifs is 3. The number of carbonyl (C=O) groups is 1. The predicted molar refractivity (Wildman–Crippen MR) is 53.3 cm³/mol. The van der Waals surface area contributed by atoms with E-state index in [4.69, 9.17) is 0 Å². The average molecular weight is 182 g/mol. The van der Waals surface area contributed by atoms with Gasteiger partial charge < -0.3 is 0 Å². The Balaban J connectivity index is 2.48. The first-order valence-corrected chi connectivity index (χ1v) is 4.32. The van der Waals surface area contributed by atoms with Crippen LogP contribution in [0.1, 0.15) is 11.1 Å². The summed E-state index contributed by atoms with van der Waals surface area (Å²) >= 11 is 0. The molecule has 3 nitrogen and oxygen atoms in total. The molecular formula is C11H6N2O. The van der Waals surface area contributed by atoms with Crippen LogP contribution in [0.2, 0.25) is 0 Å². The van der Waals surface area contributed by atoms with Gasteiger partial charge in [-0.1, -0.05) is 6.07 Å². The summed E-state index contributed by atoms with van der Waals surface area (Å²) in [5.74, 6) is -0.198. The van der Waals surface area contributed by atoms with E-state index in [9.17, 15) is 4.79 Å². The van der Waals surface area contributed by atoms with Crippen molar-refractivity contribution < 1.29 is 4.79 Å². The summed E-state index contributed by atoms with van der Waals surface area (Å²) in [6, 6.07) is 3.78. The second kappa shape index (κ2) is 2.48. The van der Waals surface area contributed by atoms with Gasteiger partial charge in [-0.3, -0.25) is 9.79 Å². The Morgan fingerprint density at radius 1 is 1.07 bits per heavy atom. The maximum atomic E-state index is 11.0. The normalized spacial score (nSPS) is 15.9. The van der Waals surface area contributed by atoms with E-state index in [0.29, 0.717) is 0 Å². The lowest BCUT2D eigenvalue weighted by Gasteiger charge is -2.02. The SMILES string of the molecule is O=C1C=Cc2c3c(ccc2=N1)=CN=C3. The predicted octanol–water partition coefficient (Wildman–Crippen LogP) is 0.0301. The molecule has 0 unspecified atom stereocenters. The zero-order chi connectivity index (χ0) is 9.54. The number of rotatable bonds is 0. The average Bonchev–Trinajstić information content (AvgIpc) is 2.65. The number of carbonyl (C=O) groups excluding carboxylic acids is 1. The third-order valence-electron chi connectivity index (χ3n) is 2.34. The van der Waals surface area contributed by atoms with Gasteiger partial charge in [0, 0.05) is 34.8 Å². The number of hydrogen-bond donors (Lipinski definition) is 0. The van der Waals surface area contributed by atoms with Gasteiger partial charge in [0.25, 0.3) is 5.91 Å². The van der Waals surface area contributed by atoms with Crippen molar-refractivity contribution in [3.63, 3.8) is 0 Å². The highest BCUT2D eigenvalue weighted by Gasteiger charge is 2.09. The minimum Gasteiger partial charge on any atom is -0.267 e. The van der Waals surface area contributed by atoms with Gasteiger partial charge in [-0.2, -0.15) is 0 Å². The van der Waals surface area contributed by atoms with Crippen molar-refractivity contribution in [3.05, 3.63) is 39.9 Å². The van der Waals surface area contributed by atoms with Crippen LogP contribution in [-0.4, -0.2) is 12.1 Å². The Morgan fingerprint density at radius 3 is 2.93 bits per heavy atom. The third-order valence-corrected chi connectivity index (χ3v) is 2.34. The van der Waals surface area contributed by atoms with Gasteiger partial charge in [-0.25, -0.2) is 4.99 Å². The van der Waals surface area contributed by atoms with Crippen molar-refractivity contribution in [3.8, 4) is 0 Å². The zero-order valence-electron chi connectivity index (χ0n) is 7.27. The molecule has 3 heteroatoms. The Bertz CT molecular complexity index is 609. The summed E-state index contributed by atoms with van der Waals surface area (Å²) in [4.78, 5) is 19.0. The van der Waals surface area contributed by atoms with E-state index < -0.39 is 0 Å². The molecule has 3 rings (SSSR count). The van der Waals surface area contributed by atoms with E-state index in [0.717, 1.165) is 21.7 Å². The molecule has 0 fully saturated rings. The van der Waals surface area contributed by atoms with E-state index in [1.165, 1.54) is 6.08 Å². The number of nitrogens with zero attached hydrogens (tertiary/aromatic N) is 2. The highest BCUT2D eigenvalue weighted by atomic mass is 16.1. The molecule has 2 heterocycles. The second-order valence-corrected chi connectivity index (χ2v) is 3.19. The summed E-state index contributed by atoms with van der Waals surface area (Å²) in [6.45, 7) is 0. The van der Waals surface area contributed by atoms with Crippen LogP contribution in [0.15, 0.2) is 28.2 Å². The Labute approximate surface area is 79.8 Å². The molecule has 0 bridgehead atoms. The van der Waals surface area contributed by atoms with Crippen LogP contribution in [0.5, 0.6) is 0 Å². The van der Waals surface area contributed by atoms with E-state index in [-0.39, 0.29) is 5.91 Å². The largest absolute Gasteiger partial charge is 0.270 e. The first-order chi connectivity index (χ1) is 6.84. The zero-order valence-corrected chi connectivity index (χ0v) is 7.27. The summed E-state index contributed by atoms with van der Waals surface area (Å²) in [7, 11) is 0. The van der Waals surface area contributed by atoms with Crippen molar-refractivity contribution in [1.29, 1.82) is 0 Å². The lowest BCUT2D eigenvalue weighted by molar-refractivity contribution is -0.113. The van der Waals surface area contributed by atoms with Crippen LogP contribution in [0, 0.1) is 0 Å². The molecule has 0 saturated carbocycles. The van der Waals surface area contributed by atoms with Gasteiger partial charge in [0.1, 0.15) is 0 Å². The monoisotopic (exact) mass is 182 g/mol. The number of hydrogen-bond acceptors (Lipinski definition) is 2. The molecular weight excluding hydrogens is 176 g/mol.